The predicted octanol–water partition coefficient (Wildman–Crippen LogP) is 2.32. The number of rotatable bonds is 9. The van der Waals surface area contributed by atoms with Gasteiger partial charge >= 0.3 is 0 Å². The summed E-state index contributed by atoms with van der Waals surface area (Å²) in [6, 6.07) is 5.77. The second-order valence-corrected chi connectivity index (χ2v) is 6.61. The Morgan fingerprint density at radius 2 is 2.04 bits per heavy atom. The number of aliphatic imine (C=N–C) groups is 1. The first kappa shape index (κ1) is 21.3. The maximum Gasteiger partial charge on any atom is 0.195 e. The molecule has 0 atom stereocenters. The molecule has 1 heterocycles. The van der Waals surface area contributed by atoms with E-state index in [2.05, 4.69) is 27.4 Å². The van der Waals surface area contributed by atoms with Gasteiger partial charge in [0, 0.05) is 37.9 Å². The number of hydrogen-bond acceptors (Lipinski definition) is 5. The van der Waals surface area contributed by atoms with Crippen molar-refractivity contribution in [2.45, 2.75) is 39.2 Å². The highest BCUT2D eigenvalue weighted by Gasteiger charge is 2.16. The number of guanidine groups is 1. The Morgan fingerprint density at radius 3 is 2.70 bits per heavy atom. The first-order valence-electron chi connectivity index (χ1n) is 9.92. The Hall–Kier alpha value is -1.99. The summed E-state index contributed by atoms with van der Waals surface area (Å²) in [5, 5.41) is 16.2. The fourth-order valence-corrected chi connectivity index (χ4v) is 3.09. The Balaban J connectivity index is 1.88. The van der Waals surface area contributed by atoms with Gasteiger partial charge in [-0.15, -0.1) is 0 Å². The van der Waals surface area contributed by atoms with Crippen LogP contribution in [0.15, 0.2) is 23.2 Å². The van der Waals surface area contributed by atoms with Gasteiger partial charge in [0.1, 0.15) is 0 Å². The van der Waals surface area contributed by atoms with Crippen molar-refractivity contribution >= 4 is 11.6 Å². The monoisotopic (exact) mass is 378 g/mol. The van der Waals surface area contributed by atoms with Crippen molar-refractivity contribution in [3.63, 3.8) is 0 Å². The summed E-state index contributed by atoms with van der Waals surface area (Å²) >= 11 is 0. The van der Waals surface area contributed by atoms with Gasteiger partial charge in [0.05, 0.1) is 19.8 Å². The normalized spacial score (nSPS) is 16.2. The van der Waals surface area contributed by atoms with Crippen LogP contribution in [0.25, 0.3) is 0 Å². The molecule has 7 nitrogen and oxygen atoms in total. The molecule has 0 unspecified atom stereocenters. The molecule has 2 rings (SSSR count). The van der Waals surface area contributed by atoms with E-state index in [1.807, 2.05) is 25.1 Å². The van der Waals surface area contributed by atoms with Gasteiger partial charge in [-0.2, -0.15) is 0 Å². The lowest BCUT2D eigenvalue weighted by molar-refractivity contribution is 0.0824. The van der Waals surface area contributed by atoms with Crippen LogP contribution in [0, 0.1) is 0 Å². The number of methoxy groups -OCH3 is 1. The molecule has 3 N–H and O–H groups in total. The third-order valence-corrected chi connectivity index (χ3v) is 4.53. The summed E-state index contributed by atoms with van der Waals surface area (Å²) in [5.74, 6) is 2.20. The third-order valence-electron chi connectivity index (χ3n) is 4.53. The van der Waals surface area contributed by atoms with Gasteiger partial charge in [-0.05, 0) is 51.8 Å². The number of anilines is 1. The van der Waals surface area contributed by atoms with E-state index in [4.69, 9.17) is 9.47 Å². The number of piperidine rings is 1. The smallest absolute Gasteiger partial charge is 0.195 e. The van der Waals surface area contributed by atoms with Crippen LogP contribution in [0.3, 0.4) is 0 Å². The molecule has 152 valence electrons. The molecule has 7 heteroatoms. The van der Waals surface area contributed by atoms with E-state index in [9.17, 15) is 5.11 Å². The zero-order valence-electron chi connectivity index (χ0n) is 16.8. The van der Waals surface area contributed by atoms with Gasteiger partial charge in [-0.1, -0.05) is 0 Å². The highest BCUT2D eigenvalue weighted by molar-refractivity contribution is 5.93. The highest BCUT2D eigenvalue weighted by atomic mass is 16.5. The van der Waals surface area contributed by atoms with E-state index in [0.29, 0.717) is 12.4 Å². The number of ether oxygens (including phenoxy) is 2. The zero-order chi connectivity index (χ0) is 19.5. The maximum atomic E-state index is 9.57. The SMILES string of the molecule is CCNC(=NCCCN1CCC(O)CC1)Nc1ccc(OC)c(OCC)c1. The van der Waals surface area contributed by atoms with Crippen LogP contribution >= 0.6 is 0 Å². The summed E-state index contributed by atoms with van der Waals surface area (Å²) in [6.45, 7) is 9.12. The number of hydrogen-bond donors (Lipinski definition) is 3. The van der Waals surface area contributed by atoms with Gasteiger partial charge in [0.25, 0.3) is 0 Å². The number of nitrogens with one attached hydrogen (secondary N) is 2. The van der Waals surface area contributed by atoms with E-state index in [-0.39, 0.29) is 6.10 Å². The summed E-state index contributed by atoms with van der Waals surface area (Å²) in [7, 11) is 1.64. The van der Waals surface area contributed by atoms with Crippen molar-refractivity contribution in [2.24, 2.45) is 4.99 Å². The molecule has 1 saturated heterocycles. The van der Waals surface area contributed by atoms with Gasteiger partial charge < -0.3 is 30.1 Å². The van der Waals surface area contributed by atoms with Gasteiger partial charge in [-0.25, -0.2) is 0 Å². The van der Waals surface area contributed by atoms with Crippen molar-refractivity contribution in [3.8, 4) is 11.5 Å². The minimum atomic E-state index is -0.116. The first-order valence-corrected chi connectivity index (χ1v) is 9.92. The van der Waals surface area contributed by atoms with Crippen molar-refractivity contribution in [1.82, 2.24) is 10.2 Å². The average molecular weight is 379 g/mol. The lowest BCUT2D eigenvalue weighted by Crippen LogP contribution is -2.36. The van der Waals surface area contributed by atoms with Crippen molar-refractivity contribution < 1.29 is 14.6 Å². The second kappa shape index (κ2) is 11.7. The lowest BCUT2D eigenvalue weighted by Gasteiger charge is -2.29. The summed E-state index contributed by atoms with van der Waals surface area (Å²) < 4.78 is 11.0. The number of benzene rings is 1. The van der Waals surface area contributed by atoms with Crippen LogP contribution in [-0.2, 0) is 0 Å². The molecular formula is C20H34N4O3. The topological polar surface area (TPSA) is 78.4 Å². The molecule has 1 aromatic carbocycles. The minimum Gasteiger partial charge on any atom is -0.493 e. The van der Waals surface area contributed by atoms with Crippen LogP contribution in [0.4, 0.5) is 5.69 Å². The molecule has 1 fully saturated rings. The predicted molar refractivity (Wildman–Crippen MR) is 110 cm³/mol. The number of nitrogens with zero attached hydrogens (tertiary/aromatic N) is 2. The molecule has 1 aliphatic rings. The number of likely N-dealkylation sites (tertiary alicyclic amines) is 1. The fourth-order valence-electron chi connectivity index (χ4n) is 3.09. The zero-order valence-corrected chi connectivity index (χ0v) is 16.8. The molecule has 0 aliphatic carbocycles. The van der Waals surface area contributed by atoms with Gasteiger partial charge in [-0.3, -0.25) is 4.99 Å². The Labute approximate surface area is 162 Å². The van der Waals surface area contributed by atoms with E-state index >= 15 is 0 Å². The third kappa shape index (κ3) is 7.27. The summed E-state index contributed by atoms with van der Waals surface area (Å²) in [4.78, 5) is 7.08. The molecule has 1 aromatic rings. The highest BCUT2D eigenvalue weighted by Crippen LogP contribution is 2.30. The molecule has 0 spiro atoms. The number of aliphatic hydroxyl groups excluding tert-OH is 1. The Kier molecular flexibility index (Phi) is 9.21. The molecular weight excluding hydrogens is 344 g/mol. The van der Waals surface area contributed by atoms with Gasteiger partial charge in [0.2, 0.25) is 0 Å². The average Bonchev–Trinajstić information content (AvgIpc) is 2.67. The van der Waals surface area contributed by atoms with Crippen molar-refractivity contribution in [3.05, 3.63) is 18.2 Å². The van der Waals surface area contributed by atoms with E-state index in [0.717, 1.165) is 69.4 Å². The summed E-state index contributed by atoms with van der Waals surface area (Å²) in [5.41, 5.74) is 0.906. The van der Waals surface area contributed by atoms with E-state index in [1.54, 1.807) is 7.11 Å². The molecule has 27 heavy (non-hydrogen) atoms. The standard InChI is InChI=1S/C20H34N4O3/c1-4-21-20(22-11-6-12-24-13-9-17(25)10-14-24)23-16-7-8-18(26-3)19(15-16)27-5-2/h7-8,15,17,25H,4-6,9-14H2,1-3H3,(H2,21,22,23). The van der Waals surface area contributed by atoms with Crippen LogP contribution in [0.1, 0.15) is 33.1 Å². The second-order valence-electron chi connectivity index (χ2n) is 6.61. The van der Waals surface area contributed by atoms with Crippen LogP contribution < -0.4 is 20.1 Å². The number of aliphatic hydroxyl groups is 1. The van der Waals surface area contributed by atoms with Crippen LogP contribution in [-0.4, -0.2) is 68.5 Å². The quantitative estimate of drug-likeness (QED) is 0.348. The molecule has 0 saturated carbocycles. The van der Waals surface area contributed by atoms with Gasteiger partial charge in [0.15, 0.2) is 17.5 Å². The summed E-state index contributed by atoms with van der Waals surface area (Å²) in [6.07, 6.45) is 2.65. The van der Waals surface area contributed by atoms with Crippen molar-refractivity contribution in [1.29, 1.82) is 0 Å². The van der Waals surface area contributed by atoms with Crippen LogP contribution in [0.5, 0.6) is 11.5 Å². The molecule has 0 bridgehead atoms. The van der Waals surface area contributed by atoms with E-state index in [1.165, 1.54) is 0 Å². The molecule has 0 aromatic heterocycles. The first-order chi connectivity index (χ1) is 13.2. The lowest BCUT2D eigenvalue weighted by atomic mass is 10.1. The molecule has 1 aliphatic heterocycles. The Bertz CT molecular complexity index is 587. The molecule has 0 radical (unpaired) electrons. The molecule has 0 amide bonds. The van der Waals surface area contributed by atoms with Crippen molar-refractivity contribution in [2.75, 3.05) is 51.8 Å². The fraction of sp³-hybridized carbons (Fsp3) is 0.650. The largest absolute Gasteiger partial charge is 0.493 e. The Morgan fingerprint density at radius 1 is 1.26 bits per heavy atom. The van der Waals surface area contributed by atoms with Crippen LogP contribution in [0.2, 0.25) is 0 Å². The van der Waals surface area contributed by atoms with E-state index < -0.39 is 0 Å². The minimum absolute atomic E-state index is 0.116. The maximum absolute atomic E-state index is 9.57.